The molecular weight excluding hydrogens is 833 g/mol. The van der Waals surface area contributed by atoms with Crippen molar-refractivity contribution in [3.63, 3.8) is 0 Å². The number of anilines is 4. The van der Waals surface area contributed by atoms with E-state index >= 15 is 0 Å². The van der Waals surface area contributed by atoms with Gasteiger partial charge in [0.1, 0.15) is 0 Å². The second-order valence-corrected chi connectivity index (χ2v) is 17.9. The number of nitrogens with one attached hydrogen (secondary N) is 1. The molecule has 11 rings (SSSR count). The number of hydrogen-bond acceptors (Lipinski definition) is 2. The topological polar surface area (TPSA) is 15.3 Å². The first-order valence-corrected chi connectivity index (χ1v) is 24.4. The maximum absolute atomic E-state index is 3.99. The Morgan fingerprint density at radius 3 is 1.81 bits per heavy atom. The van der Waals surface area contributed by atoms with Crippen LogP contribution in [0, 0.1) is 0 Å². The van der Waals surface area contributed by atoms with Crippen LogP contribution in [-0.2, 0) is 0 Å². The third kappa shape index (κ3) is 10.2. The Morgan fingerprint density at radius 2 is 1.17 bits per heavy atom. The van der Waals surface area contributed by atoms with Crippen LogP contribution < -0.4 is 10.2 Å². The van der Waals surface area contributed by atoms with Gasteiger partial charge in [-0.15, -0.1) is 0 Å². The van der Waals surface area contributed by atoms with E-state index in [0.29, 0.717) is 0 Å². The molecule has 3 aliphatic carbocycles. The number of hydrogen-bond donors (Lipinski definition) is 1. The van der Waals surface area contributed by atoms with Gasteiger partial charge in [0.15, 0.2) is 0 Å². The Labute approximate surface area is 409 Å². The van der Waals surface area contributed by atoms with Gasteiger partial charge in [0, 0.05) is 28.7 Å². The fourth-order valence-corrected chi connectivity index (χ4v) is 10.00. The molecule has 2 atom stereocenters. The normalized spacial score (nSPS) is 17.1. The van der Waals surface area contributed by atoms with Gasteiger partial charge in [-0.3, -0.25) is 0 Å². The van der Waals surface area contributed by atoms with Crippen LogP contribution in [0.3, 0.4) is 0 Å². The molecule has 0 radical (unpaired) electrons. The quantitative estimate of drug-likeness (QED) is 0.130. The monoisotopic (exact) mass is 890 g/mol. The molecule has 0 fully saturated rings. The summed E-state index contributed by atoms with van der Waals surface area (Å²) < 4.78 is 0. The van der Waals surface area contributed by atoms with Crippen molar-refractivity contribution in [2.24, 2.45) is 0 Å². The zero-order valence-electron chi connectivity index (χ0n) is 39.4. The molecule has 0 amide bonds. The molecule has 336 valence electrons. The van der Waals surface area contributed by atoms with Gasteiger partial charge in [-0.1, -0.05) is 213 Å². The van der Waals surface area contributed by atoms with Crippen LogP contribution in [0.5, 0.6) is 0 Å². The number of benzene rings is 7. The summed E-state index contributed by atoms with van der Waals surface area (Å²) in [5.41, 5.74) is 21.2. The molecule has 2 unspecified atom stereocenters. The summed E-state index contributed by atoms with van der Waals surface area (Å²) in [5, 5.41) is 3.63. The minimum Gasteiger partial charge on any atom is -0.356 e. The van der Waals surface area contributed by atoms with Crippen LogP contribution in [0.25, 0.3) is 39.0 Å². The molecule has 69 heavy (non-hydrogen) atoms. The molecule has 1 N–H and O–H groups in total. The predicted molar refractivity (Wildman–Crippen MR) is 296 cm³/mol. The molecular formula is C67H58N2. The van der Waals surface area contributed by atoms with Crippen LogP contribution in [0.2, 0.25) is 0 Å². The van der Waals surface area contributed by atoms with Gasteiger partial charge in [-0.05, 0) is 154 Å². The van der Waals surface area contributed by atoms with Crippen LogP contribution >= 0.6 is 0 Å². The number of nitrogens with zero attached hydrogens (tertiary/aromatic N) is 1. The molecule has 0 aromatic heterocycles. The van der Waals surface area contributed by atoms with E-state index < -0.39 is 0 Å². The second-order valence-electron chi connectivity index (χ2n) is 17.9. The highest BCUT2D eigenvalue weighted by Crippen LogP contribution is 2.50. The third-order valence-corrected chi connectivity index (χ3v) is 13.4. The Morgan fingerprint density at radius 1 is 0.580 bits per heavy atom. The van der Waals surface area contributed by atoms with E-state index in [-0.39, 0.29) is 12.0 Å². The van der Waals surface area contributed by atoms with Crippen molar-refractivity contribution in [2.45, 2.75) is 44.6 Å². The van der Waals surface area contributed by atoms with Gasteiger partial charge in [-0.2, -0.15) is 0 Å². The average molecular weight is 891 g/mol. The minimum absolute atomic E-state index is 0.164. The highest BCUT2D eigenvalue weighted by molar-refractivity contribution is 5.83. The van der Waals surface area contributed by atoms with E-state index in [4.69, 9.17) is 0 Å². The van der Waals surface area contributed by atoms with E-state index in [9.17, 15) is 0 Å². The summed E-state index contributed by atoms with van der Waals surface area (Å²) in [6.07, 6.45) is 31.6. The van der Waals surface area contributed by atoms with Crippen LogP contribution in [-0.4, -0.2) is 6.04 Å². The highest BCUT2D eigenvalue weighted by Gasteiger charge is 2.38. The first kappa shape index (κ1) is 44.6. The maximum atomic E-state index is 3.99. The Kier molecular flexibility index (Phi) is 13.7. The van der Waals surface area contributed by atoms with Gasteiger partial charge >= 0.3 is 0 Å². The largest absolute Gasteiger partial charge is 0.356 e. The molecule has 1 heterocycles. The molecule has 7 aromatic carbocycles. The fraction of sp³-hybridized carbons (Fsp3) is 0.104. The summed E-state index contributed by atoms with van der Waals surface area (Å²) in [7, 11) is 0. The summed E-state index contributed by atoms with van der Waals surface area (Å²) in [6.45, 7) is 6.05. The maximum Gasteiger partial charge on any atom is 0.0630 e. The lowest BCUT2D eigenvalue weighted by Gasteiger charge is -2.30. The minimum atomic E-state index is 0.164. The second kappa shape index (κ2) is 21.2. The molecule has 0 saturated heterocycles. The van der Waals surface area contributed by atoms with Crippen molar-refractivity contribution >= 4 is 28.3 Å². The fourth-order valence-electron chi connectivity index (χ4n) is 10.00. The van der Waals surface area contributed by atoms with Crippen molar-refractivity contribution in [2.75, 3.05) is 10.2 Å². The van der Waals surface area contributed by atoms with Crippen LogP contribution in [0.1, 0.15) is 49.7 Å². The van der Waals surface area contributed by atoms with Gasteiger partial charge < -0.3 is 10.2 Å². The predicted octanol–water partition coefficient (Wildman–Crippen LogP) is 18.3. The lowest BCUT2D eigenvalue weighted by molar-refractivity contribution is 0.740. The summed E-state index contributed by atoms with van der Waals surface area (Å²) in [5.74, 6) is 0.204. The van der Waals surface area contributed by atoms with Crippen molar-refractivity contribution in [1.29, 1.82) is 0 Å². The van der Waals surface area contributed by atoms with E-state index in [1.807, 2.05) is 18.2 Å². The van der Waals surface area contributed by atoms with E-state index in [1.165, 1.54) is 83.7 Å². The van der Waals surface area contributed by atoms with Crippen molar-refractivity contribution in [1.82, 2.24) is 0 Å². The Bertz CT molecular complexity index is 3140. The molecule has 7 aromatic rings. The molecule has 0 saturated carbocycles. The van der Waals surface area contributed by atoms with Gasteiger partial charge in [0.2, 0.25) is 0 Å². The molecule has 2 nitrogen and oxygen atoms in total. The summed E-state index contributed by atoms with van der Waals surface area (Å²) >= 11 is 0. The van der Waals surface area contributed by atoms with Gasteiger partial charge in [-0.25, -0.2) is 0 Å². The van der Waals surface area contributed by atoms with Crippen molar-refractivity contribution in [3.8, 4) is 33.4 Å². The summed E-state index contributed by atoms with van der Waals surface area (Å²) in [6, 6.07) is 65.3. The van der Waals surface area contributed by atoms with Crippen molar-refractivity contribution < 1.29 is 0 Å². The van der Waals surface area contributed by atoms with E-state index in [2.05, 4.69) is 260 Å². The molecule has 1 aliphatic heterocycles. The molecule has 2 heteroatoms. The molecule has 0 bridgehead atoms. The molecule has 0 spiro atoms. The Hall–Kier alpha value is -8.20. The highest BCUT2D eigenvalue weighted by atomic mass is 15.2. The Balaban J connectivity index is 0.000000400. The van der Waals surface area contributed by atoms with Crippen LogP contribution in [0.4, 0.5) is 22.7 Å². The lowest BCUT2D eigenvalue weighted by Crippen LogP contribution is -2.29. The molecule has 4 aliphatic rings. The van der Waals surface area contributed by atoms with Crippen LogP contribution in [0.15, 0.2) is 284 Å². The zero-order chi connectivity index (χ0) is 46.8. The zero-order valence-corrected chi connectivity index (χ0v) is 39.4. The SMILES string of the molecule is C=C/C=C(\C=C/C)C1=CC2c3cc(-c4ccccc4)ccc3N(c3cccc(-c4ccc(Nc5ccc(C6=CCCC(C7=CCCC=C7)=C6)cc5)cc4)c3)C2C=C1.c1ccc(-c2ccccc2)cc1. The average Bonchev–Trinajstić information content (AvgIpc) is 3.75. The van der Waals surface area contributed by atoms with Gasteiger partial charge in [0.25, 0.3) is 0 Å². The smallest absolute Gasteiger partial charge is 0.0630 e. The van der Waals surface area contributed by atoms with Gasteiger partial charge in [0.05, 0.1) is 6.04 Å². The summed E-state index contributed by atoms with van der Waals surface area (Å²) in [4.78, 5) is 2.53. The van der Waals surface area contributed by atoms with E-state index in [1.54, 1.807) is 0 Å². The van der Waals surface area contributed by atoms with E-state index in [0.717, 1.165) is 37.1 Å². The third-order valence-electron chi connectivity index (χ3n) is 13.4. The number of fused-ring (bicyclic) bond motifs is 3. The first-order chi connectivity index (χ1) is 34.1. The number of rotatable bonds is 11. The number of allylic oxidation sites excluding steroid dienone is 15. The first-order valence-electron chi connectivity index (χ1n) is 24.4. The lowest BCUT2D eigenvalue weighted by atomic mass is 9.85. The van der Waals surface area contributed by atoms with Crippen molar-refractivity contribution in [3.05, 3.63) is 295 Å². The standard InChI is InChI=1S/C55H48N2.C12H10/c1-3-13-39(14-4-2)47-27-33-54-52(37-47)53-38-48(41-17-9-6-10-18-41)28-34-55(53)57(54)51-22-12-21-46(36-51)43-25-31-50(32-26-43)56-49-29-23-42(24-30-49)45-20-11-19-44(35-45)40-15-7-5-8-16-40;1-3-7-11(8-4-1)12-9-5-2-6-10-12/h3-4,6-7,9-10,12-18,20-38,52,54,56H,1,5,8,11,19H2,2H3;1-10H/b14-4-,39-13+;.